The first-order chi connectivity index (χ1) is 14.0. The van der Waals surface area contributed by atoms with E-state index < -0.39 is 0 Å². The summed E-state index contributed by atoms with van der Waals surface area (Å²) in [6, 6.07) is 7.75. The van der Waals surface area contributed by atoms with Crippen molar-refractivity contribution in [3.05, 3.63) is 57.1 Å². The van der Waals surface area contributed by atoms with E-state index in [4.69, 9.17) is 11.6 Å². The standard InChI is InChI=1S/C21H24ClN5OS/c1-14-25-19(13-29-14)15-10-18(23-11-15)21(28)24-12-16-17(22)4-3-5-20(16)27-8-6-26(2)7-9-27/h3-5,10-11,13,23H,6-9,12H2,1-2H3,(H,24,28). The Morgan fingerprint density at radius 1 is 1.31 bits per heavy atom. The van der Waals surface area contributed by atoms with Crippen LogP contribution in [0.2, 0.25) is 5.02 Å². The van der Waals surface area contributed by atoms with Gasteiger partial charge in [0.1, 0.15) is 5.69 Å². The Labute approximate surface area is 179 Å². The van der Waals surface area contributed by atoms with Gasteiger partial charge in [-0.25, -0.2) is 4.98 Å². The quantitative estimate of drug-likeness (QED) is 0.647. The highest BCUT2D eigenvalue weighted by Gasteiger charge is 2.19. The summed E-state index contributed by atoms with van der Waals surface area (Å²) in [4.78, 5) is 24.9. The van der Waals surface area contributed by atoms with Crippen molar-refractivity contribution in [1.82, 2.24) is 20.2 Å². The molecule has 1 aromatic carbocycles. The molecule has 0 atom stereocenters. The van der Waals surface area contributed by atoms with Gasteiger partial charge in [0.15, 0.2) is 0 Å². The molecule has 1 fully saturated rings. The minimum absolute atomic E-state index is 0.160. The van der Waals surface area contributed by atoms with Crippen LogP contribution in [0.15, 0.2) is 35.8 Å². The Kier molecular flexibility index (Phi) is 5.89. The number of piperazine rings is 1. The number of likely N-dealkylation sites (N-methyl/N-ethyl adjacent to an activating group) is 1. The number of nitrogens with one attached hydrogen (secondary N) is 2. The smallest absolute Gasteiger partial charge is 0.267 e. The molecule has 4 rings (SSSR count). The summed E-state index contributed by atoms with van der Waals surface area (Å²) < 4.78 is 0. The number of hydrogen-bond donors (Lipinski definition) is 2. The molecule has 29 heavy (non-hydrogen) atoms. The van der Waals surface area contributed by atoms with Gasteiger partial charge in [0.05, 0.1) is 10.7 Å². The molecule has 3 aromatic rings. The fourth-order valence-electron chi connectivity index (χ4n) is 3.50. The molecule has 152 valence electrons. The van der Waals surface area contributed by atoms with Crippen molar-refractivity contribution in [2.45, 2.75) is 13.5 Å². The maximum atomic E-state index is 12.7. The van der Waals surface area contributed by atoms with Crippen LogP contribution in [0.5, 0.6) is 0 Å². The number of thiazole rings is 1. The SMILES string of the molecule is Cc1nc(-c2c[nH]c(C(=O)NCc3c(Cl)cccc3N3CCN(C)CC3)c2)cs1. The number of aromatic nitrogens is 2. The lowest BCUT2D eigenvalue weighted by Crippen LogP contribution is -2.45. The van der Waals surface area contributed by atoms with E-state index in [1.807, 2.05) is 36.7 Å². The van der Waals surface area contributed by atoms with Crippen LogP contribution in [-0.2, 0) is 6.54 Å². The largest absolute Gasteiger partial charge is 0.369 e. The van der Waals surface area contributed by atoms with Crippen molar-refractivity contribution < 1.29 is 4.79 Å². The topological polar surface area (TPSA) is 64.3 Å². The highest BCUT2D eigenvalue weighted by molar-refractivity contribution is 7.09. The van der Waals surface area contributed by atoms with E-state index in [1.165, 1.54) is 0 Å². The molecule has 1 aliphatic heterocycles. The zero-order valence-electron chi connectivity index (χ0n) is 16.5. The van der Waals surface area contributed by atoms with Gasteiger partial charge < -0.3 is 20.1 Å². The number of nitrogens with zero attached hydrogens (tertiary/aromatic N) is 3. The normalized spacial score (nSPS) is 14.9. The molecular weight excluding hydrogens is 406 g/mol. The number of amides is 1. The number of aromatic amines is 1. The van der Waals surface area contributed by atoms with Gasteiger partial charge in [0.25, 0.3) is 5.91 Å². The third-order valence-electron chi connectivity index (χ3n) is 5.21. The third kappa shape index (κ3) is 4.47. The molecule has 1 amide bonds. The summed E-state index contributed by atoms with van der Waals surface area (Å²) in [6.45, 7) is 6.27. The van der Waals surface area contributed by atoms with E-state index in [0.717, 1.165) is 53.7 Å². The first-order valence-electron chi connectivity index (χ1n) is 9.61. The van der Waals surface area contributed by atoms with Crippen LogP contribution in [0.1, 0.15) is 21.1 Å². The van der Waals surface area contributed by atoms with Gasteiger partial charge in [0, 0.05) is 66.1 Å². The van der Waals surface area contributed by atoms with E-state index >= 15 is 0 Å². The summed E-state index contributed by atoms with van der Waals surface area (Å²) in [5.41, 5.74) is 4.35. The lowest BCUT2D eigenvalue weighted by atomic mass is 10.1. The van der Waals surface area contributed by atoms with E-state index in [1.54, 1.807) is 11.3 Å². The second kappa shape index (κ2) is 8.57. The fraction of sp³-hybridized carbons (Fsp3) is 0.333. The van der Waals surface area contributed by atoms with Gasteiger partial charge in [-0.15, -0.1) is 11.3 Å². The molecule has 0 aliphatic carbocycles. The van der Waals surface area contributed by atoms with Gasteiger partial charge >= 0.3 is 0 Å². The summed E-state index contributed by atoms with van der Waals surface area (Å²) >= 11 is 8.08. The summed E-state index contributed by atoms with van der Waals surface area (Å²) in [5.74, 6) is -0.160. The van der Waals surface area contributed by atoms with E-state index in [9.17, 15) is 4.79 Å². The number of hydrogen-bond acceptors (Lipinski definition) is 5. The minimum atomic E-state index is -0.160. The van der Waals surface area contributed by atoms with Gasteiger partial charge in [-0.05, 0) is 32.2 Å². The van der Waals surface area contributed by atoms with Crippen LogP contribution in [0.3, 0.4) is 0 Å². The molecule has 1 aliphatic rings. The van der Waals surface area contributed by atoms with Gasteiger partial charge in [-0.1, -0.05) is 17.7 Å². The van der Waals surface area contributed by atoms with Crippen LogP contribution in [0, 0.1) is 6.92 Å². The molecule has 3 heterocycles. The first kappa shape index (κ1) is 19.9. The number of aryl methyl sites for hydroxylation is 1. The van der Waals surface area contributed by atoms with Crippen LogP contribution >= 0.6 is 22.9 Å². The van der Waals surface area contributed by atoms with Crippen molar-refractivity contribution in [3.8, 4) is 11.3 Å². The Balaban J connectivity index is 1.46. The number of carbonyl (C=O) groups excluding carboxylic acids is 1. The number of anilines is 1. The predicted molar refractivity (Wildman–Crippen MR) is 119 cm³/mol. The number of carbonyl (C=O) groups is 1. The maximum Gasteiger partial charge on any atom is 0.267 e. The van der Waals surface area contributed by atoms with Gasteiger partial charge in [0.2, 0.25) is 0 Å². The van der Waals surface area contributed by atoms with E-state index in [2.05, 4.69) is 38.2 Å². The van der Waals surface area contributed by atoms with Gasteiger partial charge in [-0.2, -0.15) is 0 Å². The fourth-order valence-corrected chi connectivity index (χ4v) is 4.36. The van der Waals surface area contributed by atoms with Crippen LogP contribution in [0.25, 0.3) is 11.3 Å². The van der Waals surface area contributed by atoms with Crippen molar-refractivity contribution in [2.24, 2.45) is 0 Å². The van der Waals surface area contributed by atoms with Crippen molar-refractivity contribution in [3.63, 3.8) is 0 Å². The third-order valence-corrected chi connectivity index (χ3v) is 6.33. The minimum Gasteiger partial charge on any atom is -0.369 e. The number of benzene rings is 1. The zero-order chi connectivity index (χ0) is 20.4. The van der Waals surface area contributed by atoms with Crippen molar-refractivity contribution in [2.75, 3.05) is 38.1 Å². The van der Waals surface area contributed by atoms with Crippen LogP contribution in [-0.4, -0.2) is 54.0 Å². The molecule has 0 radical (unpaired) electrons. The average Bonchev–Trinajstić information content (AvgIpc) is 3.36. The summed E-state index contributed by atoms with van der Waals surface area (Å²) in [5, 5.41) is 6.67. The van der Waals surface area contributed by atoms with Crippen LogP contribution in [0.4, 0.5) is 5.69 Å². The molecular formula is C21H24ClN5OS. The van der Waals surface area contributed by atoms with E-state index in [-0.39, 0.29) is 5.91 Å². The summed E-state index contributed by atoms with van der Waals surface area (Å²) in [6.07, 6.45) is 1.81. The Bertz CT molecular complexity index is 1010. The molecule has 2 N–H and O–H groups in total. The lowest BCUT2D eigenvalue weighted by molar-refractivity contribution is 0.0946. The van der Waals surface area contributed by atoms with Crippen molar-refractivity contribution in [1.29, 1.82) is 0 Å². The first-order valence-corrected chi connectivity index (χ1v) is 10.9. The Morgan fingerprint density at radius 2 is 2.10 bits per heavy atom. The molecule has 0 saturated carbocycles. The van der Waals surface area contributed by atoms with E-state index in [0.29, 0.717) is 17.3 Å². The summed E-state index contributed by atoms with van der Waals surface area (Å²) in [7, 11) is 2.13. The predicted octanol–water partition coefficient (Wildman–Crippen LogP) is 3.78. The van der Waals surface area contributed by atoms with Crippen LogP contribution < -0.4 is 10.2 Å². The molecule has 6 nitrogen and oxygen atoms in total. The number of halogens is 1. The zero-order valence-corrected chi connectivity index (χ0v) is 18.1. The lowest BCUT2D eigenvalue weighted by Gasteiger charge is -2.35. The molecule has 0 spiro atoms. The molecule has 0 unspecified atom stereocenters. The molecule has 8 heteroatoms. The monoisotopic (exact) mass is 429 g/mol. The number of rotatable bonds is 5. The molecule has 1 saturated heterocycles. The Hall–Kier alpha value is -2.35. The van der Waals surface area contributed by atoms with Gasteiger partial charge in [-0.3, -0.25) is 4.79 Å². The second-order valence-corrected chi connectivity index (χ2v) is 8.73. The highest BCUT2D eigenvalue weighted by Crippen LogP contribution is 2.28. The molecule has 0 bridgehead atoms. The highest BCUT2D eigenvalue weighted by atomic mass is 35.5. The maximum absolute atomic E-state index is 12.7. The van der Waals surface area contributed by atoms with Crippen molar-refractivity contribution >= 4 is 34.5 Å². The second-order valence-electron chi connectivity index (χ2n) is 7.26. The molecule has 2 aromatic heterocycles. The number of H-pyrrole nitrogens is 1. The average molecular weight is 430 g/mol. The Morgan fingerprint density at radius 3 is 2.83 bits per heavy atom.